The standard InChI is InChI=1S/C26H33N3O5/c1-2-32-25(30)21-5-3-6-22(17-21)28-26(31)27-11-4-12-29-13-9-19(10-14-29)15-20-7-8-23-24(16-20)34-18-33-23/h3,5-8,16-17,19H,2,4,9-15,18H2,1H3,(H2,27,28,31). The fourth-order valence-electron chi connectivity index (χ4n) is 4.43. The molecule has 0 aliphatic carbocycles. The molecule has 0 saturated carbocycles. The van der Waals surface area contributed by atoms with Crippen LogP contribution in [0.25, 0.3) is 0 Å². The number of carbonyl (C=O) groups is 2. The summed E-state index contributed by atoms with van der Waals surface area (Å²) in [5.41, 5.74) is 2.29. The largest absolute Gasteiger partial charge is 0.462 e. The third-order valence-corrected chi connectivity index (χ3v) is 6.24. The number of fused-ring (bicyclic) bond motifs is 1. The fraction of sp³-hybridized carbons (Fsp3) is 0.462. The molecule has 0 radical (unpaired) electrons. The summed E-state index contributed by atoms with van der Waals surface area (Å²) < 4.78 is 15.9. The van der Waals surface area contributed by atoms with Gasteiger partial charge in [-0.05, 0) is 94.1 Å². The minimum atomic E-state index is -0.397. The van der Waals surface area contributed by atoms with Crippen molar-refractivity contribution in [3.05, 3.63) is 53.6 Å². The molecule has 34 heavy (non-hydrogen) atoms. The van der Waals surface area contributed by atoms with Gasteiger partial charge < -0.3 is 29.7 Å². The topological polar surface area (TPSA) is 89.1 Å². The number of urea groups is 1. The van der Waals surface area contributed by atoms with Crippen molar-refractivity contribution in [1.82, 2.24) is 10.2 Å². The highest BCUT2D eigenvalue weighted by Gasteiger charge is 2.21. The van der Waals surface area contributed by atoms with Crippen LogP contribution in [0.1, 0.15) is 42.1 Å². The highest BCUT2D eigenvalue weighted by molar-refractivity contribution is 5.93. The Hall–Kier alpha value is -3.26. The lowest BCUT2D eigenvalue weighted by atomic mass is 9.90. The first-order valence-corrected chi connectivity index (χ1v) is 12.0. The lowest BCUT2D eigenvalue weighted by molar-refractivity contribution is 0.0526. The van der Waals surface area contributed by atoms with Gasteiger partial charge in [0, 0.05) is 12.2 Å². The van der Waals surface area contributed by atoms with Crippen LogP contribution >= 0.6 is 0 Å². The smallest absolute Gasteiger partial charge is 0.338 e. The van der Waals surface area contributed by atoms with Crippen molar-refractivity contribution in [3.63, 3.8) is 0 Å². The molecule has 0 bridgehead atoms. The number of piperidine rings is 1. The van der Waals surface area contributed by atoms with E-state index in [-0.39, 0.29) is 6.03 Å². The Morgan fingerprint density at radius 2 is 1.91 bits per heavy atom. The molecule has 0 aromatic heterocycles. The van der Waals surface area contributed by atoms with Crippen LogP contribution in [0, 0.1) is 5.92 Å². The second kappa shape index (κ2) is 11.7. The number of anilines is 1. The van der Waals surface area contributed by atoms with E-state index in [2.05, 4.69) is 27.7 Å². The van der Waals surface area contributed by atoms with Crippen LogP contribution in [0.2, 0.25) is 0 Å². The second-order valence-corrected chi connectivity index (χ2v) is 8.71. The highest BCUT2D eigenvalue weighted by Crippen LogP contribution is 2.34. The van der Waals surface area contributed by atoms with Crippen molar-refractivity contribution in [3.8, 4) is 11.5 Å². The maximum atomic E-state index is 12.2. The molecule has 0 atom stereocenters. The van der Waals surface area contributed by atoms with E-state index in [9.17, 15) is 9.59 Å². The molecule has 2 heterocycles. The minimum absolute atomic E-state index is 0.275. The minimum Gasteiger partial charge on any atom is -0.462 e. The Bertz CT molecular complexity index is 988. The zero-order chi connectivity index (χ0) is 23.8. The van der Waals surface area contributed by atoms with Gasteiger partial charge in [0.05, 0.1) is 12.2 Å². The van der Waals surface area contributed by atoms with Gasteiger partial charge in [-0.3, -0.25) is 0 Å². The van der Waals surface area contributed by atoms with Gasteiger partial charge in [0.25, 0.3) is 0 Å². The van der Waals surface area contributed by atoms with Crippen LogP contribution in [-0.4, -0.2) is 56.5 Å². The molecule has 8 nitrogen and oxygen atoms in total. The van der Waals surface area contributed by atoms with Gasteiger partial charge >= 0.3 is 12.0 Å². The number of carbonyl (C=O) groups excluding carboxylic acids is 2. The Kier molecular flexibility index (Phi) is 8.25. The third-order valence-electron chi connectivity index (χ3n) is 6.24. The quantitative estimate of drug-likeness (QED) is 0.427. The summed E-state index contributed by atoms with van der Waals surface area (Å²) in [6, 6.07) is 12.7. The summed E-state index contributed by atoms with van der Waals surface area (Å²) in [4.78, 5) is 26.5. The van der Waals surface area contributed by atoms with Gasteiger partial charge in [-0.1, -0.05) is 12.1 Å². The molecule has 0 spiro atoms. The van der Waals surface area contributed by atoms with E-state index in [1.54, 1.807) is 31.2 Å². The van der Waals surface area contributed by atoms with E-state index in [0.717, 1.165) is 44.0 Å². The van der Waals surface area contributed by atoms with Gasteiger partial charge in [-0.2, -0.15) is 0 Å². The van der Waals surface area contributed by atoms with Crippen molar-refractivity contribution >= 4 is 17.7 Å². The maximum Gasteiger partial charge on any atom is 0.338 e. The van der Waals surface area contributed by atoms with Crippen LogP contribution in [0.3, 0.4) is 0 Å². The van der Waals surface area contributed by atoms with Gasteiger partial charge in [-0.25, -0.2) is 9.59 Å². The van der Waals surface area contributed by atoms with Crippen molar-refractivity contribution in [2.24, 2.45) is 5.92 Å². The number of hydrogen-bond acceptors (Lipinski definition) is 6. The van der Waals surface area contributed by atoms with E-state index < -0.39 is 5.97 Å². The monoisotopic (exact) mass is 467 g/mol. The Labute approximate surface area is 200 Å². The van der Waals surface area contributed by atoms with E-state index in [1.807, 2.05) is 6.07 Å². The molecule has 2 aromatic carbocycles. The zero-order valence-corrected chi connectivity index (χ0v) is 19.7. The molecule has 2 aromatic rings. The number of nitrogens with zero attached hydrogens (tertiary/aromatic N) is 1. The molecule has 1 saturated heterocycles. The van der Waals surface area contributed by atoms with E-state index in [4.69, 9.17) is 14.2 Å². The molecule has 182 valence electrons. The Balaban J connectivity index is 1.11. The van der Waals surface area contributed by atoms with Gasteiger partial charge in [-0.15, -0.1) is 0 Å². The summed E-state index contributed by atoms with van der Waals surface area (Å²) in [6.45, 7) is 6.13. The maximum absolute atomic E-state index is 12.2. The summed E-state index contributed by atoms with van der Waals surface area (Å²) in [6.07, 6.45) is 4.32. The van der Waals surface area contributed by atoms with Gasteiger partial charge in [0.1, 0.15) is 0 Å². The lowest BCUT2D eigenvalue weighted by Gasteiger charge is -2.32. The highest BCUT2D eigenvalue weighted by atomic mass is 16.7. The molecule has 0 unspecified atom stereocenters. The summed E-state index contributed by atoms with van der Waals surface area (Å²) in [5, 5.41) is 5.67. The number of esters is 1. The van der Waals surface area contributed by atoms with Crippen LogP contribution in [0.4, 0.5) is 10.5 Å². The van der Waals surface area contributed by atoms with E-state index >= 15 is 0 Å². The van der Waals surface area contributed by atoms with Crippen molar-refractivity contribution in [1.29, 1.82) is 0 Å². The van der Waals surface area contributed by atoms with Crippen LogP contribution < -0.4 is 20.1 Å². The second-order valence-electron chi connectivity index (χ2n) is 8.71. The predicted molar refractivity (Wildman–Crippen MR) is 129 cm³/mol. The fourth-order valence-corrected chi connectivity index (χ4v) is 4.43. The average Bonchev–Trinajstić information content (AvgIpc) is 3.31. The first kappa shape index (κ1) is 23.9. The zero-order valence-electron chi connectivity index (χ0n) is 19.7. The number of hydrogen-bond donors (Lipinski definition) is 2. The first-order chi connectivity index (χ1) is 16.6. The van der Waals surface area contributed by atoms with Gasteiger partial charge in [0.2, 0.25) is 6.79 Å². The SMILES string of the molecule is CCOC(=O)c1cccc(NC(=O)NCCCN2CCC(Cc3ccc4c(c3)OCO4)CC2)c1. The van der Waals surface area contributed by atoms with Crippen molar-refractivity contribution in [2.45, 2.75) is 32.6 Å². The molecular weight excluding hydrogens is 434 g/mol. The van der Waals surface area contributed by atoms with E-state index in [1.165, 1.54) is 18.4 Å². The van der Waals surface area contributed by atoms with Crippen molar-refractivity contribution < 1.29 is 23.8 Å². The van der Waals surface area contributed by atoms with Crippen LogP contribution in [-0.2, 0) is 11.2 Å². The summed E-state index contributed by atoms with van der Waals surface area (Å²) >= 11 is 0. The van der Waals surface area contributed by atoms with Crippen LogP contribution in [0.15, 0.2) is 42.5 Å². The average molecular weight is 468 g/mol. The van der Waals surface area contributed by atoms with Gasteiger partial charge in [0.15, 0.2) is 11.5 Å². The third kappa shape index (κ3) is 6.63. The first-order valence-electron chi connectivity index (χ1n) is 12.0. The lowest BCUT2D eigenvalue weighted by Crippen LogP contribution is -2.37. The molecule has 4 rings (SSSR count). The molecule has 1 fully saturated rings. The summed E-state index contributed by atoms with van der Waals surface area (Å²) in [5.74, 6) is 1.99. The number of nitrogens with one attached hydrogen (secondary N) is 2. The molecule has 2 N–H and O–H groups in total. The Morgan fingerprint density at radius 1 is 1.09 bits per heavy atom. The molecule has 8 heteroatoms. The molecular formula is C26H33N3O5. The molecule has 2 amide bonds. The predicted octanol–water partition coefficient (Wildman–Crippen LogP) is 4.06. The molecule has 2 aliphatic heterocycles. The van der Waals surface area contributed by atoms with Crippen molar-refractivity contribution in [2.75, 3.05) is 44.9 Å². The Morgan fingerprint density at radius 3 is 2.74 bits per heavy atom. The van der Waals surface area contributed by atoms with E-state index in [0.29, 0.717) is 37.1 Å². The number of amides is 2. The number of rotatable bonds is 9. The normalized spacial score (nSPS) is 15.7. The summed E-state index contributed by atoms with van der Waals surface area (Å²) in [7, 11) is 0. The molecule has 2 aliphatic rings. The number of ether oxygens (including phenoxy) is 3. The van der Waals surface area contributed by atoms with Crippen LogP contribution in [0.5, 0.6) is 11.5 Å². The number of benzene rings is 2. The number of likely N-dealkylation sites (tertiary alicyclic amines) is 1.